The van der Waals surface area contributed by atoms with E-state index in [2.05, 4.69) is 43.2 Å². The SMILES string of the molecule is CC(C)(C)c1cn2nc(N3CCOC(c4cccs4)C3)sc2n1. The second kappa shape index (κ2) is 5.58. The quantitative estimate of drug-likeness (QED) is 0.708. The van der Waals surface area contributed by atoms with Crippen LogP contribution in [0, 0.1) is 0 Å². The molecule has 0 bridgehead atoms. The first-order valence-electron chi connectivity index (χ1n) is 7.77. The Hall–Kier alpha value is -1.44. The van der Waals surface area contributed by atoms with Gasteiger partial charge in [-0.1, -0.05) is 38.2 Å². The molecule has 1 fully saturated rings. The molecule has 0 saturated carbocycles. The lowest BCUT2D eigenvalue weighted by atomic mass is 9.93. The Bertz CT molecular complexity index is 768. The van der Waals surface area contributed by atoms with E-state index < -0.39 is 0 Å². The van der Waals surface area contributed by atoms with Crippen LogP contribution in [-0.4, -0.2) is 34.3 Å². The van der Waals surface area contributed by atoms with Crippen LogP contribution in [0.5, 0.6) is 0 Å². The van der Waals surface area contributed by atoms with E-state index in [1.807, 2.05) is 10.7 Å². The number of hydrogen-bond donors (Lipinski definition) is 0. The van der Waals surface area contributed by atoms with E-state index in [1.54, 1.807) is 22.7 Å². The molecular weight excluding hydrogens is 328 g/mol. The van der Waals surface area contributed by atoms with Crippen LogP contribution in [-0.2, 0) is 10.2 Å². The lowest BCUT2D eigenvalue weighted by Gasteiger charge is -2.31. The van der Waals surface area contributed by atoms with Gasteiger partial charge in [-0.25, -0.2) is 9.50 Å². The summed E-state index contributed by atoms with van der Waals surface area (Å²) in [5.74, 6) is 0. The summed E-state index contributed by atoms with van der Waals surface area (Å²) in [5.41, 5.74) is 1.14. The van der Waals surface area contributed by atoms with E-state index in [0.29, 0.717) is 0 Å². The van der Waals surface area contributed by atoms with Crippen molar-refractivity contribution in [2.45, 2.75) is 32.3 Å². The fourth-order valence-corrected chi connectivity index (χ4v) is 4.33. The number of ether oxygens (including phenoxy) is 1. The first-order chi connectivity index (χ1) is 11.0. The first kappa shape index (κ1) is 15.1. The summed E-state index contributed by atoms with van der Waals surface area (Å²) in [6.45, 7) is 8.99. The average molecular weight is 348 g/mol. The van der Waals surface area contributed by atoms with Crippen LogP contribution < -0.4 is 4.90 Å². The maximum Gasteiger partial charge on any atom is 0.214 e. The molecule has 1 saturated heterocycles. The molecule has 0 N–H and O–H groups in total. The number of aromatic nitrogens is 3. The van der Waals surface area contributed by atoms with Crippen LogP contribution in [0.4, 0.5) is 5.13 Å². The number of hydrogen-bond acceptors (Lipinski definition) is 6. The van der Waals surface area contributed by atoms with Gasteiger partial charge in [-0.2, -0.15) is 0 Å². The van der Waals surface area contributed by atoms with E-state index in [1.165, 1.54) is 4.88 Å². The van der Waals surface area contributed by atoms with Gasteiger partial charge in [0.15, 0.2) is 0 Å². The summed E-state index contributed by atoms with van der Waals surface area (Å²) in [7, 11) is 0. The molecule has 3 aromatic rings. The van der Waals surface area contributed by atoms with Crippen molar-refractivity contribution < 1.29 is 4.74 Å². The summed E-state index contributed by atoms with van der Waals surface area (Å²) in [4.78, 5) is 9.29. The van der Waals surface area contributed by atoms with Crippen molar-refractivity contribution in [2.24, 2.45) is 0 Å². The van der Waals surface area contributed by atoms with Crippen molar-refractivity contribution in [1.29, 1.82) is 0 Å². The third kappa shape index (κ3) is 2.88. The van der Waals surface area contributed by atoms with Crippen molar-refractivity contribution in [1.82, 2.24) is 14.6 Å². The smallest absolute Gasteiger partial charge is 0.214 e. The van der Waals surface area contributed by atoms with Gasteiger partial charge in [-0.3, -0.25) is 0 Å². The third-order valence-corrected chi connectivity index (χ3v) is 5.95. The minimum Gasteiger partial charge on any atom is -0.369 e. The predicted octanol–water partition coefficient (Wildman–Crippen LogP) is 3.73. The van der Waals surface area contributed by atoms with Gasteiger partial charge >= 0.3 is 0 Å². The molecule has 0 aliphatic carbocycles. The second-order valence-corrected chi connectivity index (χ2v) is 8.72. The van der Waals surface area contributed by atoms with Gasteiger partial charge in [0.25, 0.3) is 0 Å². The molecule has 0 amide bonds. The molecule has 3 aromatic heterocycles. The van der Waals surface area contributed by atoms with E-state index >= 15 is 0 Å². The number of morpholine rings is 1. The van der Waals surface area contributed by atoms with Crippen LogP contribution in [0.15, 0.2) is 23.7 Å². The Morgan fingerprint density at radius 3 is 2.91 bits per heavy atom. The number of anilines is 1. The molecule has 4 rings (SSSR count). The van der Waals surface area contributed by atoms with Crippen molar-refractivity contribution in [2.75, 3.05) is 24.6 Å². The topological polar surface area (TPSA) is 42.7 Å². The van der Waals surface area contributed by atoms with E-state index in [4.69, 9.17) is 14.8 Å². The molecule has 7 heteroatoms. The van der Waals surface area contributed by atoms with Crippen LogP contribution in [0.2, 0.25) is 0 Å². The van der Waals surface area contributed by atoms with Gasteiger partial charge in [-0.15, -0.1) is 16.4 Å². The number of rotatable bonds is 2. The third-order valence-electron chi connectivity index (χ3n) is 4.00. The molecule has 122 valence electrons. The maximum atomic E-state index is 5.92. The predicted molar refractivity (Wildman–Crippen MR) is 94.8 cm³/mol. The molecule has 1 unspecified atom stereocenters. The minimum atomic E-state index is 0.0524. The number of thiophene rings is 1. The molecule has 1 aliphatic rings. The van der Waals surface area contributed by atoms with E-state index in [9.17, 15) is 0 Å². The highest BCUT2D eigenvalue weighted by Gasteiger charge is 2.26. The highest BCUT2D eigenvalue weighted by molar-refractivity contribution is 7.20. The molecular formula is C16H20N4OS2. The fourth-order valence-electron chi connectivity index (χ4n) is 2.65. The molecule has 23 heavy (non-hydrogen) atoms. The first-order valence-corrected chi connectivity index (χ1v) is 9.47. The van der Waals surface area contributed by atoms with Crippen LogP contribution in [0.1, 0.15) is 37.4 Å². The van der Waals surface area contributed by atoms with Crippen molar-refractivity contribution in [3.05, 3.63) is 34.3 Å². The Morgan fingerprint density at radius 1 is 1.35 bits per heavy atom. The lowest BCUT2D eigenvalue weighted by Crippen LogP contribution is -2.38. The monoisotopic (exact) mass is 348 g/mol. The van der Waals surface area contributed by atoms with E-state index in [-0.39, 0.29) is 11.5 Å². The van der Waals surface area contributed by atoms with Crippen LogP contribution >= 0.6 is 22.7 Å². The van der Waals surface area contributed by atoms with Crippen molar-refractivity contribution >= 4 is 32.8 Å². The number of fused-ring (bicyclic) bond motifs is 1. The lowest BCUT2D eigenvalue weighted by molar-refractivity contribution is 0.0420. The fraction of sp³-hybridized carbons (Fsp3) is 0.500. The summed E-state index contributed by atoms with van der Waals surface area (Å²) in [6, 6.07) is 4.22. The van der Waals surface area contributed by atoms with Crippen molar-refractivity contribution in [3.63, 3.8) is 0 Å². The normalized spacial score (nSPS) is 19.6. The van der Waals surface area contributed by atoms with Crippen molar-refractivity contribution in [3.8, 4) is 0 Å². The molecule has 4 heterocycles. The highest BCUT2D eigenvalue weighted by atomic mass is 32.1. The maximum absolute atomic E-state index is 5.92. The standard InChI is InChI=1S/C16H20N4OS2/c1-16(2,3)13-10-20-14(17-13)23-15(18-20)19-6-7-21-11(9-19)12-5-4-8-22-12/h4-5,8,10-11H,6-7,9H2,1-3H3. The second-order valence-electron chi connectivity index (χ2n) is 6.81. The van der Waals surface area contributed by atoms with Gasteiger partial charge in [0, 0.05) is 16.8 Å². The molecule has 0 radical (unpaired) electrons. The van der Waals surface area contributed by atoms with E-state index in [0.717, 1.165) is 35.5 Å². The van der Waals surface area contributed by atoms with Gasteiger partial charge in [0.2, 0.25) is 10.1 Å². The summed E-state index contributed by atoms with van der Waals surface area (Å²) < 4.78 is 7.83. The zero-order valence-electron chi connectivity index (χ0n) is 13.5. The average Bonchev–Trinajstić information content (AvgIpc) is 3.22. The Morgan fingerprint density at radius 2 is 2.22 bits per heavy atom. The van der Waals surface area contributed by atoms with Crippen LogP contribution in [0.3, 0.4) is 0 Å². The Kier molecular flexibility index (Phi) is 3.66. The largest absolute Gasteiger partial charge is 0.369 e. The molecule has 0 spiro atoms. The highest BCUT2D eigenvalue weighted by Crippen LogP contribution is 2.32. The molecule has 5 nitrogen and oxygen atoms in total. The zero-order chi connectivity index (χ0) is 16.0. The van der Waals surface area contributed by atoms with Gasteiger partial charge < -0.3 is 9.64 Å². The molecule has 1 aliphatic heterocycles. The Labute approximate surface area is 143 Å². The van der Waals surface area contributed by atoms with Gasteiger partial charge in [0.05, 0.1) is 25.0 Å². The number of imidazole rings is 1. The summed E-state index contributed by atoms with van der Waals surface area (Å²) >= 11 is 3.41. The molecule has 0 aromatic carbocycles. The minimum absolute atomic E-state index is 0.0524. The zero-order valence-corrected chi connectivity index (χ0v) is 15.2. The van der Waals surface area contributed by atoms with Gasteiger partial charge in [-0.05, 0) is 11.4 Å². The summed E-state index contributed by atoms with van der Waals surface area (Å²) in [6.07, 6.45) is 2.19. The molecule has 1 atom stereocenters. The van der Waals surface area contributed by atoms with Gasteiger partial charge in [0.1, 0.15) is 6.10 Å². The summed E-state index contributed by atoms with van der Waals surface area (Å²) in [5, 5.41) is 7.86. The van der Waals surface area contributed by atoms with Crippen LogP contribution in [0.25, 0.3) is 4.96 Å². The number of nitrogens with zero attached hydrogens (tertiary/aromatic N) is 4. The Balaban J connectivity index is 1.57.